The maximum absolute atomic E-state index is 13.6. The molecule has 0 aliphatic carbocycles. The molecule has 4 aromatic rings. The van der Waals surface area contributed by atoms with Crippen molar-refractivity contribution in [2.75, 3.05) is 13.2 Å². The lowest BCUT2D eigenvalue weighted by Crippen LogP contribution is -2.39. The molecular weight excluding hydrogens is 440 g/mol. The highest BCUT2D eigenvalue weighted by Gasteiger charge is 2.33. The molecule has 1 N–H and O–H groups in total. The zero-order valence-electron chi connectivity index (χ0n) is 20.2. The Labute approximate surface area is 203 Å². The van der Waals surface area contributed by atoms with E-state index in [-0.39, 0.29) is 17.7 Å². The van der Waals surface area contributed by atoms with E-state index in [0.29, 0.717) is 17.9 Å². The van der Waals surface area contributed by atoms with E-state index >= 15 is 0 Å². The number of aromatic amines is 1. The number of ether oxygens (including phenoxy) is 1. The highest BCUT2D eigenvalue weighted by Crippen LogP contribution is 2.32. The van der Waals surface area contributed by atoms with E-state index in [1.807, 2.05) is 17.7 Å². The van der Waals surface area contributed by atoms with Gasteiger partial charge in [0, 0.05) is 30.6 Å². The molecule has 1 fully saturated rings. The maximum atomic E-state index is 13.6. The van der Waals surface area contributed by atoms with Crippen molar-refractivity contribution >= 4 is 10.9 Å². The summed E-state index contributed by atoms with van der Waals surface area (Å²) in [6.07, 6.45) is 3.07. The lowest BCUT2D eigenvalue weighted by atomic mass is 9.95. The molecule has 2 aliphatic heterocycles. The monoisotopic (exact) mass is 470 g/mol. The number of aryl methyl sites for hydroxylation is 2. The molecule has 35 heavy (non-hydrogen) atoms. The Morgan fingerprint density at radius 3 is 2.80 bits per heavy atom. The van der Waals surface area contributed by atoms with Crippen LogP contribution in [0.5, 0.6) is 0 Å². The van der Waals surface area contributed by atoms with Crippen LogP contribution in [0.1, 0.15) is 52.5 Å². The minimum atomic E-state index is -0.368. The molecule has 0 spiro atoms. The second kappa shape index (κ2) is 9.02. The first-order valence-electron chi connectivity index (χ1n) is 12.4. The summed E-state index contributed by atoms with van der Waals surface area (Å²) >= 11 is 0. The highest BCUT2D eigenvalue weighted by atomic mass is 16.5. The number of tetrazole rings is 1. The molecule has 6 rings (SSSR count). The average Bonchev–Trinajstić information content (AvgIpc) is 3.55. The first-order valence-corrected chi connectivity index (χ1v) is 12.4. The fourth-order valence-corrected chi connectivity index (χ4v) is 5.55. The lowest BCUT2D eigenvalue weighted by molar-refractivity contribution is 0.0904. The van der Waals surface area contributed by atoms with Gasteiger partial charge < -0.3 is 9.72 Å². The van der Waals surface area contributed by atoms with Crippen LogP contribution < -0.4 is 5.56 Å². The molecule has 180 valence electrons. The molecule has 0 unspecified atom stereocenters. The van der Waals surface area contributed by atoms with E-state index in [1.54, 1.807) is 0 Å². The van der Waals surface area contributed by atoms with Crippen LogP contribution in [0.3, 0.4) is 0 Å². The van der Waals surface area contributed by atoms with Crippen LogP contribution in [0.4, 0.5) is 0 Å². The lowest BCUT2D eigenvalue weighted by Gasteiger charge is -2.35. The van der Waals surface area contributed by atoms with E-state index in [9.17, 15) is 4.79 Å². The van der Waals surface area contributed by atoms with Gasteiger partial charge in [0.15, 0.2) is 5.82 Å². The van der Waals surface area contributed by atoms with E-state index < -0.39 is 0 Å². The molecule has 0 saturated carbocycles. The topological polar surface area (TPSA) is 88.9 Å². The van der Waals surface area contributed by atoms with E-state index in [4.69, 9.17) is 4.74 Å². The summed E-state index contributed by atoms with van der Waals surface area (Å²) in [4.78, 5) is 19.1. The van der Waals surface area contributed by atoms with Crippen molar-refractivity contribution in [2.45, 2.75) is 58.3 Å². The third-order valence-electron chi connectivity index (χ3n) is 7.50. The SMILES string of the molecule is Cc1ccc(C)c2[nH]c(=O)c([C@H](c3nnnn3C[C@H]3CCCO3)N3CCc4ccccc4C3)cc12. The number of rotatable bonds is 5. The molecule has 1 saturated heterocycles. The summed E-state index contributed by atoms with van der Waals surface area (Å²) in [7, 11) is 0. The van der Waals surface area contributed by atoms with Crippen LogP contribution in [-0.4, -0.2) is 49.3 Å². The third-order valence-corrected chi connectivity index (χ3v) is 7.50. The third kappa shape index (κ3) is 4.06. The summed E-state index contributed by atoms with van der Waals surface area (Å²) in [5, 5.41) is 13.9. The van der Waals surface area contributed by atoms with Gasteiger partial charge in [-0.15, -0.1) is 5.10 Å². The number of fused-ring (bicyclic) bond motifs is 2. The summed E-state index contributed by atoms with van der Waals surface area (Å²) in [6.45, 7) is 7.02. The Kier molecular flexibility index (Phi) is 5.70. The summed E-state index contributed by atoms with van der Waals surface area (Å²) in [5.41, 5.74) is 6.30. The molecule has 2 aromatic carbocycles. The minimum absolute atomic E-state index is 0.0956. The molecule has 4 heterocycles. The van der Waals surface area contributed by atoms with Crippen molar-refractivity contribution in [2.24, 2.45) is 0 Å². The molecular formula is C27H30N6O2. The Morgan fingerprint density at radius 1 is 1.14 bits per heavy atom. The second-order valence-corrected chi connectivity index (χ2v) is 9.79. The van der Waals surface area contributed by atoms with E-state index in [0.717, 1.165) is 61.0 Å². The van der Waals surface area contributed by atoms with Crippen LogP contribution >= 0.6 is 0 Å². The van der Waals surface area contributed by atoms with Crippen LogP contribution in [0.15, 0.2) is 47.3 Å². The normalized spacial score (nSPS) is 19.2. The van der Waals surface area contributed by atoms with E-state index in [1.165, 1.54) is 11.1 Å². The second-order valence-electron chi connectivity index (χ2n) is 9.79. The number of benzene rings is 2. The molecule has 2 atom stereocenters. The van der Waals surface area contributed by atoms with Crippen molar-refractivity contribution in [3.05, 3.63) is 86.5 Å². The predicted octanol–water partition coefficient (Wildman–Crippen LogP) is 3.46. The van der Waals surface area contributed by atoms with Crippen LogP contribution in [0.2, 0.25) is 0 Å². The molecule has 0 radical (unpaired) electrons. The number of nitrogens with zero attached hydrogens (tertiary/aromatic N) is 5. The van der Waals surface area contributed by atoms with Gasteiger partial charge in [0.25, 0.3) is 5.56 Å². The number of hydrogen-bond acceptors (Lipinski definition) is 6. The number of H-pyrrole nitrogens is 1. The van der Waals surface area contributed by atoms with Gasteiger partial charge in [0.05, 0.1) is 18.2 Å². The van der Waals surface area contributed by atoms with Gasteiger partial charge in [-0.3, -0.25) is 9.69 Å². The van der Waals surface area contributed by atoms with Gasteiger partial charge in [0.1, 0.15) is 6.04 Å². The van der Waals surface area contributed by atoms with Gasteiger partial charge in [-0.05, 0) is 71.9 Å². The molecule has 0 amide bonds. The zero-order valence-corrected chi connectivity index (χ0v) is 20.2. The quantitative estimate of drug-likeness (QED) is 0.481. The molecule has 0 bridgehead atoms. The molecule has 2 aromatic heterocycles. The first-order chi connectivity index (χ1) is 17.1. The zero-order chi connectivity index (χ0) is 23.9. The summed E-state index contributed by atoms with van der Waals surface area (Å²) in [5.74, 6) is 0.690. The molecule has 8 nitrogen and oxygen atoms in total. The number of hydrogen-bond donors (Lipinski definition) is 1. The molecule has 2 aliphatic rings. The Hall–Kier alpha value is -3.36. The van der Waals surface area contributed by atoms with Crippen molar-refractivity contribution in [1.82, 2.24) is 30.1 Å². The van der Waals surface area contributed by atoms with Crippen molar-refractivity contribution in [3.63, 3.8) is 0 Å². The van der Waals surface area contributed by atoms with Gasteiger partial charge in [-0.1, -0.05) is 36.4 Å². The van der Waals surface area contributed by atoms with Gasteiger partial charge in [-0.25, -0.2) is 4.68 Å². The van der Waals surface area contributed by atoms with Gasteiger partial charge >= 0.3 is 0 Å². The van der Waals surface area contributed by atoms with E-state index in [2.05, 4.69) is 68.7 Å². The standard InChI is InChI=1S/C27H30N6O2/c1-17-9-10-18(2)24-22(17)14-23(27(34)28-24)25(32-12-11-19-6-3-4-7-20(19)15-32)26-29-30-31-33(26)16-21-8-5-13-35-21/h3-4,6-7,9-10,14,21,25H,5,8,11-13,15-16H2,1-2H3,(H,28,34)/t21-,25-/m1/s1. The summed E-state index contributed by atoms with van der Waals surface area (Å²) < 4.78 is 7.71. The fourth-order valence-electron chi connectivity index (χ4n) is 5.55. The van der Waals surface area contributed by atoms with Crippen molar-refractivity contribution in [3.8, 4) is 0 Å². The maximum Gasteiger partial charge on any atom is 0.253 e. The van der Waals surface area contributed by atoms with Gasteiger partial charge in [0.2, 0.25) is 0 Å². The Morgan fingerprint density at radius 2 is 1.97 bits per heavy atom. The largest absolute Gasteiger partial charge is 0.376 e. The predicted molar refractivity (Wildman–Crippen MR) is 133 cm³/mol. The van der Waals surface area contributed by atoms with Crippen LogP contribution in [0.25, 0.3) is 10.9 Å². The Balaban J connectivity index is 1.49. The van der Waals surface area contributed by atoms with Crippen LogP contribution in [-0.2, 0) is 24.2 Å². The van der Waals surface area contributed by atoms with Crippen molar-refractivity contribution < 1.29 is 4.74 Å². The minimum Gasteiger partial charge on any atom is -0.376 e. The molecule has 8 heteroatoms. The number of nitrogens with one attached hydrogen (secondary N) is 1. The van der Waals surface area contributed by atoms with Gasteiger partial charge in [-0.2, -0.15) is 0 Å². The Bertz CT molecular complexity index is 1440. The summed E-state index contributed by atoms with van der Waals surface area (Å²) in [6, 6.07) is 14.4. The number of pyridine rings is 1. The van der Waals surface area contributed by atoms with Crippen LogP contribution in [0, 0.1) is 13.8 Å². The smallest absolute Gasteiger partial charge is 0.253 e. The van der Waals surface area contributed by atoms with Crippen molar-refractivity contribution in [1.29, 1.82) is 0 Å². The average molecular weight is 471 g/mol. The highest BCUT2D eigenvalue weighted by molar-refractivity contribution is 5.85. The first kappa shape index (κ1) is 22.1. The number of aromatic nitrogens is 5. The fraction of sp³-hybridized carbons (Fsp3) is 0.407.